The first-order chi connectivity index (χ1) is 7.66. The molecule has 0 unspecified atom stereocenters. The number of nitrogens with one attached hydrogen (secondary N) is 1. The maximum absolute atomic E-state index is 5.58. The van der Waals surface area contributed by atoms with Crippen molar-refractivity contribution in [3.05, 3.63) is 43.9 Å². The number of hydrogen-bond acceptors (Lipinski definition) is 3. The van der Waals surface area contributed by atoms with Crippen LogP contribution in [0.25, 0.3) is 0 Å². The summed E-state index contributed by atoms with van der Waals surface area (Å²) in [5.74, 6) is 1.41. The molecule has 3 nitrogen and oxygen atoms in total. The summed E-state index contributed by atoms with van der Waals surface area (Å²) in [4.78, 5) is 3.13. The fourth-order valence-corrected chi connectivity index (χ4v) is 2.03. The molecule has 1 aromatic carbocycles. The van der Waals surface area contributed by atoms with Crippen LogP contribution in [0.5, 0.6) is 5.75 Å². The molecule has 0 aliphatic carbocycles. The summed E-state index contributed by atoms with van der Waals surface area (Å²) in [6.07, 6.45) is 1.69. The van der Waals surface area contributed by atoms with E-state index in [4.69, 9.17) is 21.4 Å². The lowest BCUT2D eigenvalue weighted by molar-refractivity contribution is 0.267. The van der Waals surface area contributed by atoms with Gasteiger partial charge in [-0.1, -0.05) is 6.07 Å². The molecule has 0 aliphatic heterocycles. The predicted molar refractivity (Wildman–Crippen MR) is 70.1 cm³/mol. The van der Waals surface area contributed by atoms with Crippen molar-refractivity contribution in [2.24, 2.45) is 0 Å². The van der Waals surface area contributed by atoms with Gasteiger partial charge < -0.3 is 14.1 Å². The summed E-state index contributed by atoms with van der Waals surface area (Å²) >= 11 is 11.6. The molecule has 2 aromatic rings. The minimum Gasteiger partial charge on any atom is -0.484 e. The Morgan fingerprint density at radius 1 is 1.38 bits per heavy atom. The van der Waals surface area contributed by atoms with Crippen LogP contribution in [-0.4, -0.2) is 4.98 Å². The molecule has 0 aliphatic rings. The van der Waals surface area contributed by atoms with Crippen LogP contribution in [0.1, 0.15) is 5.76 Å². The molecular formula is C10H7Br2NO2S. The number of rotatable bonds is 3. The summed E-state index contributed by atoms with van der Waals surface area (Å²) in [5.41, 5.74) is 0. The Hall–Kier alpha value is -0.590. The van der Waals surface area contributed by atoms with Crippen LogP contribution in [0, 0.1) is 4.84 Å². The molecule has 0 bridgehead atoms. The lowest BCUT2D eigenvalue weighted by Gasteiger charge is -2.07. The fourth-order valence-electron chi connectivity index (χ4n) is 1.13. The largest absolute Gasteiger partial charge is 0.484 e. The molecule has 0 radical (unpaired) electrons. The van der Waals surface area contributed by atoms with Crippen LogP contribution in [0.15, 0.2) is 37.8 Å². The molecule has 16 heavy (non-hydrogen) atoms. The van der Waals surface area contributed by atoms with E-state index in [0.717, 1.165) is 14.7 Å². The van der Waals surface area contributed by atoms with Crippen molar-refractivity contribution < 1.29 is 9.15 Å². The maximum Gasteiger partial charge on any atom is 0.266 e. The quantitative estimate of drug-likeness (QED) is 0.818. The van der Waals surface area contributed by atoms with Gasteiger partial charge in [0.15, 0.2) is 5.76 Å². The van der Waals surface area contributed by atoms with Gasteiger partial charge in [0.25, 0.3) is 4.84 Å². The lowest BCUT2D eigenvalue weighted by atomic mass is 10.3. The highest BCUT2D eigenvalue weighted by molar-refractivity contribution is 9.13. The zero-order valence-corrected chi connectivity index (χ0v) is 12.0. The number of halogens is 2. The summed E-state index contributed by atoms with van der Waals surface area (Å²) in [7, 11) is 0. The number of H-pyrrole nitrogens is 1. The first-order valence-corrected chi connectivity index (χ1v) is 6.40. The number of aromatic amines is 1. The average molecular weight is 365 g/mol. The minimum atomic E-state index is 0.336. The molecule has 0 fully saturated rings. The van der Waals surface area contributed by atoms with Crippen LogP contribution in [0.4, 0.5) is 0 Å². The van der Waals surface area contributed by atoms with Gasteiger partial charge in [-0.2, -0.15) is 0 Å². The van der Waals surface area contributed by atoms with Crippen molar-refractivity contribution in [1.82, 2.24) is 4.98 Å². The van der Waals surface area contributed by atoms with Crippen LogP contribution in [0.2, 0.25) is 0 Å². The fraction of sp³-hybridized carbons (Fsp3) is 0.100. The van der Waals surface area contributed by atoms with Gasteiger partial charge in [0.05, 0.1) is 4.47 Å². The molecule has 84 valence electrons. The van der Waals surface area contributed by atoms with E-state index >= 15 is 0 Å². The van der Waals surface area contributed by atoms with Gasteiger partial charge in [0, 0.05) is 10.7 Å². The number of hydrogen-bond donors (Lipinski definition) is 1. The van der Waals surface area contributed by atoms with Gasteiger partial charge in [0.2, 0.25) is 0 Å². The Kier molecular flexibility index (Phi) is 3.83. The van der Waals surface area contributed by atoms with Gasteiger partial charge in [-0.15, -0.1) is 0 Å². The Morgan fingerprint density at radius 3 is 2.88 bits per heavy atom. The second-order valence-corrected chi connectivity index (χ2v) is 5.00. The van der Waals surface area contributed by atoms with Gasteiger partial charge in [-0.3, -0.25) is 0 Å². The monoisotopic (exact) mass is 363 g/mol. The van der Waals surface area contributed by atoms with Crippen LogP contribution in [-0.2, 0) is 6.61 Å². The SMILES string of the molecule is S=c1[nH]cc(COc2cccc(Br)c2Br)o1. The standard InChI is InChI=1S/C10H7Br2NO2S/c11-7-2-1-3-8(9(7)12)14-5-6-4-13-10(16)15-6/h1-4H,5H2,(H,13,16). The first-order valence-electron chi connectivity index (χ1n) is 4.41. The van der Waals surface area contributed by atoms with Gasteiger partial charge in [-0.05, 0) is 56.2 Å². The number of ether oxygens (including phenoxy) is 1. The first kappa shape index (κ1) is 11.9. The van der Waals surface area contributed by atoms with E-state index in [-0.39, 0.29) is 0 Å². The third kappa shape index (κ3) is 2.75. The van der Waals surface area contributed by atoms with Crippen LogP contribution in [0.3, 0.4) is 0 Å². The van der Waals surface area contributed by atoms with Gasteiger partial charge in [-0.25, -0.2) is 0 Å². The average Bonchev–Trinajstić information content (AvgIpc) is 2.67. The van der Waals surface area contributed by atoms with E-state index in [1.165, 1.54) is 0 Å². The Balaban J connectivity index is 2.10. The molecule has 1 N–H and O–H groups in total. The molecular weight excluding hydrogens is 358 g/mol. The molecule has 0 spiro atoms. The summed E-state index contributed by atoms with van der Waals surface area (Å²) < 4.78 is 12.6. The zero-order chi connectivity index (χ0) is 11.5. The molecule has 1 aromatic heterocycles. The zero-order valence-electron chi connectivity index (χ0n) is 8.00. The summed E-state index contributed by atoms with van der Waals surface area (Å²) in [6, 6.07) is 5.70. The van der Waals surface area contributed by atoms with Gasteiger partial charge in [0.1, 0.15) is 12.4 Å². The molecule has 0 amide bonds. The molecule has 6 heteroatoms. The van der Waals surface area contributed by atoms with E-state index in [1.807, 2.05) is 18.2 Å². The van der Waals surface area contributed by atoms with Crippen molar-refractivity contribution in [3.63, 3.8) is 0 Å². The highest BCUT2D eigenvalue weighted by atomic mass is 79.9. The molecule has 0 atom stereocenters. The smallest absolute Gasteiger partial charge is 0.266 e. The van der Waals surface area contributed by atoms with E-state index in [1.54, 1.807) is 6.20 Å². The predicted octanol–water partition coefficient (Wildman–Crippen LogP) is 4.44. The number of aromatic nitrogens is 1. The maximum atomic E-state index is 5.58. The van der Waals surface area contributed by atoms with Crippen molar-refractivity contribution in [3.8, 4) is 5.75 Å². The van der Waals surface area contributed by atoms with Gasteiger partial charge >= 0.3 is 0 Å². The second kappa shape index (κ2) is 5.16. The highest BCUT2D eigenvalue weighted by Gasteiger charge is 2.05. The van der Waals surface area contributed by atoms with Crippen molar-refractivity contribution in [2.45, 2.75) is 6.61 Å². The van der Waals surface area contributed by atoms with E-state index in [2.05, 4.69) is 36.8 Å². The molecule has 2 rings (SSSR count). The summed E-state index contributed by atoms with van der Waals surface area (Å²) in [6.45, 7) is 0.336. The Labute approximate surface area is 114 Å². The third-order valence-corrected chi connectivity index (χ3v) is 4.07. The van der Waals surface area contributed by atoms with Crippen LogP contribution < -0.4 is 4.74 Å². The van der Waals surface area contributed by atoms with Crippen molar-refractivity contribution in [1.29, 1.82) is 0 Å². The van der Waals surface area contributed by atoms with E-state index in [0.29, 0.717) is 17.2 Å². The molecule has 0 saturated carbocycles. The topological polar surface area (TPSA) is 38.2 Å². The van der Waals surface area contributed by atoms with Crippen molar-refractivity contribution >= 4 is 44.1 Å². The van der Waals surface area contributed by atoms with E-state index < -0.39 is 0 Å². The Bertz CT molecular complexity index is 550. The summed E-state index contributed by atoms with van der Waals surface area (Å²) in [5, 5.41) is 0. The number of benzene rings is 1. The second-order valence-electron chi connectivity index (χ2n) is 2.99. The normalized spacial score (nSPS) is 10.4. The lowest BCUT2D eigenvalue weighted by Crippen LogP contribution is -1.94. The minimum absolute atomic E-state index is 0.336. The Morgan fingerprint density at radius 2 is 2.19 bits per heavy atom. The molecule has 1 heterocycles. The highest BCUT2D eigenvalue weighted by Crippen LogP contribution is 2.32. The third-order valence-electron chi connectivity index (χ3n) is 1.86. The van der Waals surface area contributed by atoms with Crippen molar-refractivity contribution in [2.75, 3.05) is 0 Å². The van der Waals surface area contributed by atoms with E-state index in [9.17, 15) is 0 Å². The molecule has 0 saturated heterocycles. The van der Waals surface area contributed by atoms with Crippen LogP contribution >= 0.6 is 44.1 Å². The number of oxazole rings is 1.